The van der Waals surface area contributed by atoms with Crippen LogP contribution in [0, 0.1) is 0 Å². The molecule has 3 rings (SSSR count). The summed E-state index contributed by atoms with van der Waals surface area (Å²) < 4.78 is 5.91. The van der Waals surface area contributed by atoms with Gasteiger partial charge in [0.15, 0.2) is 5.82 Å². The van der Waals surface area contributed by atoms with Gasteiger partial charge in [0.2, 0.25) is 0 Å². The minimum atomic E-state index is -0.0682. The van der Waals surface area contributed by atoms with Gasteiger partial charge in [0.05, 0.1) is 12.2 Å². The van der Waals surface area contributed by atoms with Crippen molar-refractivity contribution in [2.24, 2.45) is 0 Å². The van der Waals surface area contributed by atoms with Crippen LogP contribution in [0.3, 0.4) is 0 Å². The number of nitrogens with zero attached hydrogens (tertiary/aromatic N) is 2. The van der Waals surface area contributed by atoms with Crippen LogP contribution in [0.2, 0.25) is 5.02 Å². The minimum Gasteiger partial charge on any atom is -0.485 e. The molecule has 0 unspecified atom stereocenters. The molecule has 1 fully saturated rings. The summed E-state index contributed by atoms with van der Waals surface area (Å²) in [5, 5.41) is 3.82. The third-order valence-electron chi connectivity index (χ3n) is 3.48. The number of hydrogen-bond donors (Lipinski definition) is 2. The molecule has 0 bridgehead atoms. The summed E-state index contributed by atoms with van der Waals surface area (Å²) in [6.45, 7) is 2.58. The number of nitrogens with one attached hydrogen (secondary N) is 1. The third-order valence-corrected chi connectivity index (χ3v) is 3.71. The van der Waals surface area contributed by atoms with Crippen LogP contribution in [0.15, 0.2) is 30.6 Å². The lowest BCUT2D eigenvalue weighted by Crippen LogP contribution is -2.14. The van der Waals surface area contributed by atoms with Crippen molar-refractivity contribution < 1.29 is 4.74 Å². The van der Waals surface area contributed by atoms with E-state index in [-0.39, 0.29) is 5.60 Å². The first-order chi connectivity index (χ1) is 10.1. The van der Waals surface area contributed by atoms with Gasteiger partial charge in [-0.05, 0) is 31.9 Å². The van der Waals surface area contributed by atoms with Gasteiger partial charge < -0.3 is 15.8 Å². The van der Waals surface area contributed by atoms with Gasteiger partial charge >= 0.3 is 0 Å². The Morgan fingerprint density at radius 1 is 1.33 bits per heavy atom. The largest absolute Gasteiger partial charge is 0.485 e. The number of halogens is 1. The number of nitrogen functional groups attached to an aromatic ring is 1. The Kier molecular flexibility index (Phi) is 3.59. The zero-order valence-electron chi connectivity index (χ0n) is 11.8. The maximum Gasteiger partial charge on any atom is 0.153 e. The Labute approximate surface area is 128 Å². The van der Waals surface area contributed by atoms with Gasteiger partial charge in [0.25, 0.3) is 0 Å². The Balaban J connectivity index is 1.72. The van der Waals surface area contributed by atoms with Crippen molar-refractivity contribution in [2.75, 3.05) is 11.1 Å². The highest BCUT2D eigenvalue weighted by Gasteiger charge is 2.40. The number of ether oxygens (including phenoxy) is 1. The van der Waals surface area contributed by atoms with Gasteiger partial charge in [0, 0.05) is 23.5 Å². The number of hydrogen-bond acceptors (Lipinski definition) is 5. The highest BCUT2D eigenvalue weighted by Crippen LogP contribution is 2.42. The van der Waals surface area contributed by atoms with E-state index in [9.17, 15) is 0 Å². The minimum absolute atomic E-state index is 0.0682. The van der Waals surface area contributed by atoms with Gasteiger partial charge in [-0.3, -0.25) is 4.98 Å². The molecule has 21 heavy (non-hydrogen) atoms. The molecule has 3 N–H and O–H groups in total. The predicted octanol–water partition coefficient (Wildman–Crippen LogP) is 3.26. The highest BCUT2D eigenvalue weighted by atomic mass is 35.5. The molecule has 0 atom stereocenters. The summed E-state index contributed by atoms with van der Waals surface area (Å²) in [6.07, 6.45) is 5.47. The normalized spacial score (nSPS) is 15.5. The van der Waals surface area contributed by atoms with Crippen LogP contribution < -0.4 is 15.8 Å². The van der Waals surface area contributed by atoms with Crippen molar-refractivity contribution >= 4 is 23.1 Å². The molecule has 0 radical (unpaired) electrons. The molecule has 2 aromatic rings. The average molecular weight is 305 g/mol. The molecule has 0 saturated heterocycles. The first kappa shape index (κ1) is 13.9. The number of pyridine rings is 2. The smallest absolute Gasteiger partial charge is 0.153 e. The molecular formula is C15H17ClN4O. The highest BCUT2D eigenvalue weighted by molar-refractivity contribution is 6.30. The Hall–Kier alpha value is -2.01. The van der Waals surface area contributed by atoms with Crippen LogP contribution in [-0.2, 0) is 6.54 Å². The summed E-state index contributed by atoms with van der Waals surface area (Å²) in [7, 11) is 0. The monoisotopic (exact) mass is 304 g/mol. The molecule has 2 aromatic heterocycles. The standard InChI is InChI=1S/C15H17ClN4O/c1-15(4-5-15)21-12-3-7-19-14(13(12)17)20-9-11-8-10(16)2-6-18-11/h2-3,6-8H,4-5,9,17H2,1H3,(H,19,20). The molecule has 2 heterocycles. The quantitative estimate of drug-likeness (QED) is 0.887. The van der Waals surface area contributed by atoms with E-state index in [0.29, 0.717) is 28.8 Å². The summed E-state index contributed by atoms with van der Waals surface area (Å²) in [6, 6.07) is 5.33. The van der Waals surface area contributed by atoms with E-state index in [1.54, 1.807) is 30.6 Å². The number of nitrogens with two attached hydrogens (primary N) is 1. The second-order valence-corrected chi connectivity index (χ2v) is 5.88. The van der Waals surface area contributed by atoms with E-state index in [2.05, 4.69) is 22.2 Å². The SMILES string of the molecule is CC1(Oc2ccnc(NCc3cc(Cl)ccn3)c2N)CC1. The van der Waals surface area contributed by atoms with Crippen LogP contribution in [0.5, 0.6) is 5.75 Å². The predicted molar refractivity (Wildman–Crippen MR) is 83.5 cm³/mol. The van der Waals surface area contributed by atoms with Crippen molar-refractivity contribution in [3.05, 3.63) is 41.3 Å². The number of aromatic nitrogens is 2. The van der Waals surface area contributed by atoms with Crippen molar-refractivity contribution in [1.82, 2.24) is 9.97 Å². The van der Waals surface area contributed by atoms with Crippen molar-refractivity contribution in [1.29, 1.82) is 0 Å². The topological polar surface area (TPSA) is 73.1 Å². The maximum absolute atomic E-state index is 6.12. The lowest BCUT2D eigenvalue weighted by Gasteiger charge is -2.16. The lowest BCUT2D eigenvalue weighted by molar-refractivity contribution is 0.201. The van der Waals surface area contributed by atoms with Crippen LogP contribution in [0.25, 0.3) is 0 Å². The van der Waals surface area contributed by atoms with Crippen LogP contribution >= 0.6 is 11.6 Å². The fourth-order valence-electron chi connectivity index (χ4n) is 1.95. The summed E-state index contributed by atoms with van der Waals surface area (Å²) in [5.41, 5.74) is 7.39. The van der Waals surface area contributed by atoms with Gasteiger partial charge in [-0.25, -0.2) is 4.98 Å². The molecule has 110 valence electrons. The maximum atomic E-state index is 6.12. The molecule has 0 aromatic carbocycles. The van der Waals surface area contributed by atoms with Gasteiger partial charge in [-0.2, -0.15) is 0 Å². The number of anilines is 2. The Morgan fingerprint density at radius 3 is 2.81 bits per heavy atom. The Morgan fingerprint density at radius 2 is 2.10 bits per heavy atom. The molecule has 1 saturated carbocycles. The fraction of sp³-hybridized carbons (Fsp3) is 0.333. The molecule has 1 aliphatic rings. The van der Waals surface area contributed by atoms with Crippen LogP contribution in [0.1, 0.15) is 25.5 Å². The molecule has 0 spiro atoms. The van der Waals surface area contributed by atoms with Gasteiger partial charge in [0.1, 0.15) is 17.0 Å². The van der Waals surface area contributed by atoms with E-state index in [4.69, 9.17) is 22.1 Å². The van der Waals surface area contributed by atoms with E-state index < -0.39 is 0 Å². The molecule has 0 amide bonds. The number of rotatable bonds is 5. The van der Waals surface area contributed by atoms with Gasteiger partial charge in [-0.15, -0.1) is 0 Å². The van der Waals surface area contributed by atoms with E-state index in [1.165, 1.54) is 0 Å². The summed E-state index contributed by atoms with van der Waals surface area (Å²) in [5.74, 6) is 1.27. The third kappa shape index (κ3) is 3.36. The van der Waals surface area contributed by atoms with E-state index in [0.717, 1.165) is 18.5 Å². The first-order valence-electron chi connectivity index (χ1n) is 6.84. The van der Waals surface area contributed by atoms with Crippen LogP contribution in [-0.4, -0.2) is 15.6 Å². The zero-order valence-corrected chi connectivity index (χ0v) is 12.5. The zero-order chi connectivity index (χ0) is 14.9. The second kappa shape index (κ2) is 5.41. The van der Waals surface area contributed by atoms with Crippen molar-refractivity contribution in [3.8, 4) is 5.75 Å². The Bertz CT molecular complexity index is 658. The second-order valence-electron chi connectivity index (χ2n) is 5.44. The molecule has 1 aliphatic carbocycles. The molecule has 5 nitrogen and oxygen atoms in total. The van der Waals surface area contributed by atoms with Gasteiger partial charge in [-0.1, -0.05) is 11.6 Å². The first-order valence-corrected chi connectivity index (χ1v) is 7.21. The van der Waals surface area contributed by atoms with Crippen molar-refractivity contribution in [2.45, 2.75) is 31.9 Å². The molecule has 0 aliphatic heterocycles. The average Bonchev–Trinajstić information content (AvgIpc) is 3.18. The van der Waals surface area contributed by atoms with E-state index in [1.807, 2.05) is 0 Å². The van der Waals surface area contributed by atoms with Crippen LogP contribution in [0.4, 0.5) is 11.5 Å². The molecule has 6 heteroatoms. The summed E-state index contributed by atoms with van der Waals surface area (Å²) in [4.78, 5) is 8.48. The fourth-order valence-corrected chi connectivity index (χ4v) is 2.13. The summed E-state index contributed by atoms with van der Waals surface area (Å²) >= 11 is 5.93. The lowest BCUT2D eigenvalue weighted by atomic mass is 10.3. The van der Waals surface area contributed by atoms with E-state index >= 15 is 0 Å². The molecular weight excluding hydrogens is 288 g/mol. The van der Waals surface area contributed by atoms with Crippen molar-refractivity contribution in [3.63, 3.8) is 0 Å².